The molecule has 0 bridgehead atoms. The molecule has 0 saturated heterocycles. The van der Waals surface area contributed by atoms with Crippen LogP contribution in [0.2, 0.25) is 0 Å². The van der Waals surface area contributed by atoms with Crippen LogP contribution in [0.25, 0.3) is 0 Å². The minimum Gasteiger partial charge on any atom is -0.310 e. The Morgan fingerprint density at radius 1 is 0.760 bits per heavy atom. The first-order valence-electron chi connectivity index (χ1n) is 9.62. The highest BCUT2D eigenvalue weighted by Crippen LogP contribution is 2.16. The van der Waals surface area contributed by atoms with Crippen molar-refractivity contribution in [3.63, 3.8) is 0 Å². The Kier molecular flexibility index (Phi) is 7.67. The lowest BCUT2D eigenvalue weighted by molar-refractivity contribution is 0.541. The Morgan fingerprint density at radius 3 is 2.04 bits per heavy atom. The van der Waals surface area contributed by atoms with Crippen molar-refractivity contribution in [2.45, 2.75) is 72.6 Å². The Labute approximate surface area is 154 Å². The van der Waals surface area contributed by atoms with Gasteiger partial charge in [-0.1, -0.05) is 63.2 Å². The van der Waals surface area contributed by atoms with E-state index in [0.29, 0.717) is 12.1 Å². The first kappa shape index (κ1) is 19.7. The van der Waals surface area contributed by atoms with Gasteiger partial charge in [-0.15, -0.1) is 0 Å². The van der Waals surface area contributed by atoms with Crippen LogP contribution in [0, 0.1) is 6.92 Å². The molecule has 1 unspecified atom stereocenters. The maximum atomic E-state index is 3.70. The molecule has 25 heavy (non-hydrogen) atoms. The highest BCUT2D eigenvalue weighted by atomic mass is 14.9. The number of benzene rings is 2. The van der Waals surface area contributed by atoms with E-state index in [1.807, 2.05) is 0 Å². The number of hydrogen-bond acceptors (Lipinski definition) is 2. The van der Waals surface area contributed by atoms with Gasteiger partial charge in [0.15, 0.2) is 0 Å². The van der Waals surface area contributed by atoms with Gasteiger partial charge in [-0.05, 0) is 54.5 Å². The SMILES string of the molecule is CCc1ccccc1CNC(C)Cc1cccc(CNC(C)C)c1C. The fraction of sp³-hybridized carbons (Fsp3) is 0.478. The molecular weight excluding hydrogens is 304 g/mol. The van der Waals surface area contributed by atoms with Gasteiger partial charge in [0.2, 0.25) is 0 Å². The van der Waals surface area contributed by atoms with E-state index in [1.54, 1.807) is 0 Å². The number of rotatable bonds is 9. The van der Waals surface area contributed by atoms with E-state index >= 15 is 0 Å². The highest BCUT2D eigenvalue weighted by molar-refractivity contribution is 5.35. The fourth-order valence-electron chi connectivity index (χ4n) is 3.22. The van der Waals surface area contributed by atoms with Gasteiger partial charge in [0.05, 0.1) is 0 Å². The Balaban J connectivity index is 1.96. The lowest BCUT2D eigenvalue weighted by atomic mass is 9.97. The van der Waals surface area contributed by atoms with Crippen LogP contribution in [-0.4, -0.2) is 12.1 Å². The second-order valence-electron chi connectivity index (χ2n) is 7.35. The second-order valence-corrected chi connectivity index (χ2v) is 7.35. The van der Waals surface area contributed by atoms with E-state index in [9.17, 15) is 0 Å². The molecule has 2 N–H and O–H groups in total. The average Bonchev–Trinajstić information content (AvgIpc) is 2.60. The first-order chi connectivity index (χ1) is 12.0. The molecule has 0 aliphatic rings. The molecule has 0 amide bonds. The van der Waals surface area contributed by atoms with Gasteiger partial charge in [-0.25, -0.2) is 0 Å². The molecule has 0 aliphatic carbocycles. The lowest BCUT2D eigenvalue weighted by Crippen LogP contribution is -2.28. The molecule has 0 spiro atoms. The van der Waals surface area contributed by atoms with E-state index in [2.05, 4.69) is 87.7 Å². The van der Waals surface area contributed by atoms with Gasteiger partial charge >= 0.3 is 0 Å². The number of aryl methyl sites for hydroxylation is 1. The molecule has 0 radical (unpaired) electrons. The zero-order valence-electron chi connectivity index (χ0n) is 16.5. The largest absolute Gasteiger partial charge is 0.310 e. The summed E-state index contributed by atoms with van der Waals surface area (Å²) in [6, 6.07) is 16.4. The first-order valence-corrected chi connectivity index (χ1v) is 9.62. The highest BCUT2D eigenvalue weighted by Gasteiger charge is 2.09. The molecule has 136 valence electrons. The van der Waals surface area contributed by atoms with Gasteiger partial charge in [0.25, 0.3) is 0 Å². The van der Waals surface area contributed by atoms with Crippen LogP contribution in [0.1, 0.15) is 55.5 Å². The lowest BCUT2D eigenvalue weighted by Gasteiger charge is -2.19. The summed E-state index contributed by atoms with van der Waals surface area (Å²) in [4.78, 5) is 0. The Morgan fingerprint density at radius 2 is 1.36 bits per heavy atom. The van der Waals surface area contributed by atoms with Crippen molar-refractivity contribution in [1.29, 1.82) is 0 Å². The van der Waals surface area contributed by atoms with E-state index < -0.39 is 0 Å². The van der Waals surface area contributed by atoms with Crippen LogP contribution in [0.5, 0.6) is 0 Å². The van der Waals surface area contributed by atoms with Gasteiger partial charge in [0, 0.05) is 25.2 Å². The van der Waals surface area contributed by atoms with Gasteiger partial charge in [-0.2, -0.15) is 0 Å². The van der Waals surface area contributed by atoms with Crippen LogP contribution < -0.4 is 10.6 Å². The van der Waals surface area contributed by atoms with Gasteiger partial charge < -0.3 is 10.6 Å². The third-order valence-electron chi connectivity index (χ3n) is 4.93. The van der Waals surface area contributed by atoms with Crippen molar-refractivity contribution in [3.05, 3.63) is 70.3 Å². The third-order valence-corrected chi connectivity index (χ3v) is 4.93. The predicted octanol–water partition coefficient (Wildman–Crippen LogP) is 4.78. The normalized spacial score (nSPS) is 12.6. The molecule has 0 aromatic heterocycles. The van der Waals surface area contributed by atoms with Crippen molar-refractivity contribution in [3.8, 4) is 0 Å². The molecule has 0 heterocycles. The van der Waals surface area contributed by atoms with Crippen molar-refractivity contribution in [2.75, 3.05) is 0 Å². The Bertz CT molecular complexity index is 661. The summed E-state index contributed by atoms with van der Waals surface area (Å²) >= 11 is 0. The topological polar surface area (TPSA) is 24.1 Å². The standard InChI is InChI=1S/C23H34N2/c1-6-20-10-7-8-11-23(20)16-25-18(4)14-21-12-9-13-22(19(21)5)15-24-17(2)3/h7-13,17-18,24-25H,6,14-16H2,1-5H3. The third kappa shape index (κ3) is 5.98. The van der Waals surface area contributed by atoms with Gasteiger partial charge in [0.1, 0.15) is 0 Å². The van der Waals surface area contributed by atoms with Crippen molar-refractivity contribution >= 4 is 0 Å². The predicted molar refractivity (Wildman–Crippen MR) is 109 cm³/mol. The zero-order valence-corrected chi connectivity index (χ0v) is 16.5. The van der Waals surface area contributed by atoms with E-state index in [1.165, 1.54) is 27.8 Å². The van der Waals surface area contributed by atoms with Crippen LogP contribution in [-0.2, 0) is 25.9 Å². The van der Waals surface area contributed by atoms with Crippen molar-refractivity contribution < 1.29 is 0 Å². The maximum Gasteiger partial charge on any atom is 0.0210 e. The number of nitrogens with one attached hydrogen (secondary N) is 2. The number of hydrogen-bond donors (Lipinski definition) is 2. The summed E-state index contributed by atoms with van der Waals surface area (Å²) in [6.07, 6.45) is 2.16. The smallest absolute Gasteiger partial charge is 0.0210 e. The Hall–Kier alpha value is -1.64. The summed E-state index contributed by atoms with van der Waals surface area (Å²) in [5.74, 6) is 0. The monoisotopic (exact) mass is 338 g/mol. The minimum atomic E-state index is 0.455. The summed E-state index contributed by atoms with van der Waals surface area (Å²) in [5, 5.41) is 7.23. The van der Waals surface area contributed by atoms with E-state index in [4.69, 9.17) is 0 Å². The van der Waals surface area contributed by atoms with Crippen molar-refractivity contribution in [2.24, 2.45) is 0 Å². The molecule has 0 saturated carbocycles. The summed E-state index contributed by atoms with van der Waals surface area (Å²) < 4.78 is 0. The summed E-state index contributed by atoms with van der Waals surface area (Å²) in [5.41, 5.74) is 7.16. The van der Waals surface area contributed by atoms with Gasteiger partial charge in [-0.3, -0.25) is 0 Å². The molecule has 2 rings (SSSR count). The minimum absolute atomic E-state index is 0.455. The zero-order chi connectivity index (χ0) is 18.2. The quantitative estimate of drug-likeness (QED) is 0.688. The molecular formula is C23H34N2. The summed E-state index contributed by atoms with van der Waals surface area (Å²) in [7, 11) is 0. The van der Waals surface area contributed by atoms with Crippen LogP contribution in [0.4, 0.5) is 0 Å². The summed E-state index contributed by atoms with van der Waals surface area (Å²) in [6.45, 7) is 13.0. The molecule has 2 nitrogen and oxygen atoms in total. The van der Waals surface area contributed by atoms with Crippen molar-refractivity contribution in [1.82, 2.24) is 10.6 Å². The molecule has 2 aromatic carbocycles. The molecule has 1 atom stereocenters. The fourth-order valence-corrected chi connectivity index (χ4v) is 3.22. The maximum absolute atomic E-state index is 3.70. The van der Waals surface area contributed by atoms with Crippen LogP contribution in [0.15, 0.2) is 42.5 Å². The molecule has 0 aliphatic heterocycles. The molecule has 2 heteroatoms. The van der Waals surface area contributed by atoms with Crippen LogP contribution >= 0.6 is 0 Å². The molecule has 0 fully saturated rings. The average molecular weight is 339 g/mol. The van der Waals surface area contributed by atoms with E-state index in [0.717, 1.165) is 25.9 Å². The van der Waals surface area contributed by atoms with Crippen LogP contribution in [0.3, 0.4) is 0 Å². The van der Waals surface area contributed by atoms with E-state index in [-0.39, 0.29) is 0 Å². The molecule has 2 aromatic rings. The second kappa shape index (κ2) is 9.74.